The van der Waals surface area contributed by atoms with E-state index in [0.717, 1.165) is 36.9 Å². The molecule has 4 atom stereocenters. The quantitative estimate of drug-likeness (QED) is 0.718. The maximum Gasteiger partial charge on any atom is 0.139 e. The fourth-order valence-corrected chi connectivity index (χ4v) is 4.13. The molecule has 0 aromatic heterocycles. The summed E-state index contributed by atoms with van der Waals surface area (Å²) in [5, 5.41) is 0. The maximum atomic E-state index is 12.2. The number of rotatable bonds is 2. The molecule has 0 spiro atoms. The molecule has 0 amide bonds. The second kappa shape index (κ2) is 4.90. The highest BCUT2D eigenvalue weighted by atomic mass is 32.2. The van der Waals surface area contributed by atoms with Crippen molar-refractivity contribution < 1.29 is 4.79 Å². The Balaban J connectivity index is 1.90. The van der Waals surface area contributed by atoms with E-state index >= 15 is 0 Å². The van der Waals surface area contributed by atoms with Crippen molar-refractivity contribution >= 4 is 17.5 Å². The molecule has 4 unspecified atom stereocenters. The van der Waals surface area contributed by atoms with Gasteiger partial charge in [0.15, 0.2) is 0 Å². The minimum Gasteiger partial charge on any atom is -0.299 e. The standard InChI is InChI=1S/C13H22OS/c1-9-3-4-11(7-10(9)2)13(14)12-5-6-15-8-12/h9-12H,3-8H2,1-2H3. The molecule has 0 radical (unpaired) electrons. The highest BCUT2D eigenvalue weighted by molar-refractivity contribution is 7.99. The molecular weight excluding hydrogens is 204 g/mol. The molecule has 86 valence electrons. The number of carbonyl (C=O) groups excluding carboxylic acids is 1. The van der Waals surface area contributed by atoms with Crippen LogP contribution in [0.15, 0.2) is 0 Å². The van der Waals surface area contributed by atoms with E-state index < -0.39 is 0 Å². The lowest BCUT2D eigenvalue weighted by Crippen LogP contribution is -2.30. The summed E-state index contributed by atoms with van der Waals surface area (Å²) < 4.78 is 0. The van der Waals surface area contributed by atoms with E-state index in [1.807, 2.05) is 11.8 Å². The van der Waals surface area contributed by atoms with Crippen LogP contribution in [0.2, 0.25) is 0 Å². The SMILES string of the molecule is CC1CCC(C(=O)C2CCSC2)CC1C. The maximum absolute atomic E-state index is 12.2. The van der Waals surface area contributed by atoms with Crippen molar-refractivity contribution in [3.63, 3.8) is 0 Å². The Hall–Kier alpha value is 0.0200. The molecule has 1 heterocycles. The molecule has 0 aromatic carbocycles. The summed E-state index contributed by atoms with van der Waals surface area (Å²) in [6.07, 6.45) is 4.72. The van der Waals surface area contributed by atoms with Crippen LogP contribution in [-0.2, 0) is 4.79 Å². The molecule has 0 aromatic rings. The summed E-state index contributed by atoms with van der Waals surface area (Å²) in [5.74, 6) is 5.28. The molecule has 2 heteroatoms. The van der Waals surface area contributed by atoms with Crippen molar-refractivity contribution in [1.29, 1.82) is 0 Å². The molecule has 1 aliphatic heterocycles. The summed E-state index contributed by atoms with van der Waals surface area (Å²) in [6, 6.07) is 0. The van der Waals surface area contributed by atoms with Crippen molar-refractivity contribution in [2.75, 3.05) is 11.5 Å². The van der Waals surface area contributed by atoms with Crippen LogP contribution in [0.25, 0.3) is 0 Å². The van der Waals surface area contributed by atoms with E-state index in [1.165, 1.54) is 12.2 Å². The van der Waals surface area contributed by atoms with Crippen LogP contribution in [-0.4, -0.2) is 17.3 Å². The lowest BCUT2D eigenvalue weighted by atomic mass is 9.72. The average molecular weight is 226 g/mol. The molecule has 2 aliphatic rings. The number of thioether (sulfide) groups is 1. The fourth-order valence-electron chi connectivity index (χ4n) is 2.90. The lowest BCUT2D eigenvalue weighted by Gasteiger charge is -2.32. The van der Waals surface area contributed by atoms with Gasteiger partial charge in [-0.1, -0.05) is 13.8 Å². The van der Waals surface area contributed by atoms with Crippen LogP contribution in [0.3, 0.4) is 0 Å². The van der Waals surface area contributed by atoms with Crippen molar-refractivity contribution in [3.8, 4) is 0 Å². The molecule has 2 fully saturated rings. The van der Waals surface area contributed by atoms with E-state index in [-0.39, 0.29) is 0 Å². The van der Waals surface area contributed by atoms with Crippen LogP contribution in [0.5, 0.6) is 0 Å². The van der Waals surface area contributed by atoms with Crippen molar-refractivity contribution in [3.05, 3.63) is 0 Å². The van der Waals surface area contributed by atoms with Gasteiger partial charge in [-0.05, 0) is 43.3 Å². The zero-order valence-electron chi connectivity index (χ0n) is 9.87. The summed E-state index contributed by atoms with van der Waals surface area (Å²) in [6.45, 7) is 4.64. The third-order valence-corrected chi connectivity index (χ3v) is 5.50. The van der Waals surface area contributed by atoms with Crippen LogP contribution in [0, 0.1) is 23.7 Å². The zero-order valence-corrected chi connectivity index (χ0v) is 10.7. The fraction of sp³-hybridized carbons (Fsp3) is 0.923. The Labute approximate surface area is 97.4 Å². The Morgan fingerprint density at radius 3 is 2.47 bits per heavy atom. The van der Waals surface area contributed by atoms with E-state index in [0.29, 0.717) is 17.6 Å². The molecule has 0 N–H and O–H groups in total. The Bertz CT molecular complexity index is 233. The van der Waals surface area contributed by atoms with Gasteiger partial charge in [0.05, 0.1) is 0 Å². The van der Waals surface area contributed by atoms with Crippen LogP contribution in [0.4, 0.5) is 0 Å². The number of hydrogen-bond acceptors (Lipinski definition) is 2. The van der Waals surface area contributed by atoms with Crippen molar-refractivity contribution in [2.45, 2.75) is 39.5 Å². The zero-order chi connectivity index (χ0) is 10.8. The molecule has 0 bridgehead atoms. The van der Waals surface area contributed by atoms with Gasteiger partial charge in [0.25, 0.3) is 0 Å². The highest BCUT2D eigenvalue weighted by Crippen LogP contribution is 2.37. The summed E-state index contributed by atoms with van der Waals surface area (Å²) >= 11 is 1.96. The van der Waals surface area contributed by atoms with Gasteiger partial charge in [-0.2, -0.15) is 11.8 Å². The van der Waals surface area contributed by atoms with Crippen LogP contribution < -0.4 is 0 Å². The topological polar surface area (TPSA) is 17.1 Å². The minimum atomic E-state index is 0.403. The number of ketones is 1. The predicted octanol–water partition coefficient (Wildman–Crippen LogP) is 3.38. The molecule has 2 rings (SSSR count). The van der Waals surface area contributed by atoms with Gasteiger partial charge in [0, 0.05) is 17.6 Å². The van der Waals surface area contributed by atoms with Gasteiger partial charge in [-0.15, -0.1) is 0 Å². The average Bonchev–Trinajstić information content (AvgIpc) is 2.74. The largest absolute Gasteiger partial charge is 0.299 e. The monoisotopic (exact) mass is 226 g/mol. The highest BCUT2D eigenvalue weighted by Gasteiger charge is 2.33. The van der Waals surface area contributed by atoms with Gasteiger partial charge in [0.1, 0.15) is 5.78 Å². The third-order valence-electron chi connectivity index (χ3n) is 4.33. The van der Waals surface area contributed by atoms with Gasteiger partial charge in [0.2, 0.25) is 0 Å². The van der Waals surface area contributed by atoms with Crippen LogP contribution >= 0.6 is 11.8 Å². The first-order chi connectivity index (χ1) is 7.18. The first kappa shape index (κ1) is 11.5. The normalized spacial score (nSPS) is 41.7. The molecular formula is C13H22OS. The summed E-state index contributed by atoms with van der Waals surface area (Å²) in [5.41, 5.74) is 0. The summed E-state index contributed by atoms with van der Waals surface area (Å²) in [4.78, 5) is 12.2. The Kier molecular flexibility index (Phi) is 3.76. The molecule has 1 saturated carbocycles. The van der Waals surface area contributed by atoms with Gasteiger partial charge in [-0.25, -0.2) is 0 Å². The Morgan fingerprint density at radius 1 is 1.07 bits per heavy atom. The predicted molar refractivity (Wildman–Crippen MR) is 66.1 cm³/mol. The van der Waals surface area contributed by atoms with Crippen LogP contribution in [0.1, 0.15) is 39.5 Å². The van der Waals surface area contributed by atoms with Crippen molar-refractivity contribution in [1.82, 2.24) is 0 Å². The summed E-state index contributed by atoms with van der Waals surface area (Å²) in [7, 11) is 0. The van der Waals surface area contributed by atoms with E-state index in [4.69, 9.17) is 0 Å². The van der Waals surface area contributed by atoms with Gasteiger partial charge < -0.3 is 0 Å². The second-order valence-electron chi connectivity index (χ2n) is 5.43. The van der Waals surface area contributed by atoms with E-state index in [2.05, 4.69) is 13.8 Å². The number of Topliss-reactive ketones (excluding diaryl/α,β-unsaturated/α-hetero) is 1. The number of carbonyl (C=O) groups is 1. The first-order valence-corrected chi connectivity index (χ1v) is 7.45. The van der Waals surface area contributed by atoms with Crippen molar-refractivity contribution in [2.24, 2.45) is 23.7 Å². The number of hydrogen-bond donors (Lipinski definition) is 0. The van der Waals surface area contributed by atoms with E-state index in [1.54, 1.807) is 0 Å². The lowest BCUT2D eigenvalue weighted by molar-refractivity contribution is -0.127. The second-order valence-corrected chi connectivity index (χ2v) is 6.58. The Morgan fingerprint density at radius 2 is 1.87 bits per heavy atom. The first-order valence-electron chi connectivity index (χ1n) is 6.30. The minimum absolute atomic E-state index is 0.403. The van der Waals surface area contributed by atoms with Gasteiger partial charge in [-0.3, -0.25) is 4.79 Å². The molecule has 15 heavy (non-hydrogen) atoms. The molecule has 1 saturated heterocycles. The smallest absolute Gasteiger partial charge is 0.139 e. The molecule has 1 nitrogen and oxygen atoms in total. The van der Waals surface area contributed by atoms with Gasteiger partial charge >= 0.3 is 0 Å². The van der Waals surface area contributed by atoms with E-state index in [9.17, 15) is 4.79 Å². The molecule has 1 aliphatic carbocycles. The third kappa shape index (κ3) is 2.58.